The molecule has 0 saturated heterocycles. The van der Waals surface area contributed by atoms with Crippen molar-refractivity contribution in [2.24, 2.45) is 0 Å². The summed E-state index contributed by atoms with van der Waals surface area (Å²) in [5, 5.41) is 8.96. The van der Waals surface area contributed by atoms with Gasteiger partial charge < -0.3 is 10.2 Å². The summed E-state index contributed by atoms with van der Waals surface area (Å²) in [5.41, 5.74) is 1.38. The number of aromatic nitrogens is 2. The Morgan fingerprint density at radius 1 is 1.48 bits per heavy atom. The van der Waals surface area contributed by atoms with Crippen LogP contribution in [0.2, 0.25) is 0 Å². The molecule has 114 valence electrons. The van der Waals surface area contributed by atoms with Crippen LogP contribution in [0.3, 0.4) is 0 Å². The number of rotatable bonds is 7. The molecular weight excluding hydrogens is 352 g/mol. The molecule has 21 heavy (non-hydrogen) atoms. The topological polar surface area (TPSA) is 50.2 Å². The van der Waals surface area contributed by atoms with Gasteiger partial charge in [0, 0.05) is 18.1 Å². The predicted molar refractivity (Wildman–Crippen MR) is 90.0 cm³/mol. The fourth-order valence-electron chi connectivity index (χ4n) is 1.97. The van der Waals surface area contributed by atoms with E-state index in [1.54, 1.807) is 6.20 Å². The summed E-state index contributed by atoms with van der Waals surface area (Å²) in [6, 6.07) is 1.81. The molecule has 2 aromatic rings. The number of hydrogen-bond donors (Lipinski definition) is 1. The van der Waals surface area contributed by atoms with Gasteiger partial charge >= 0.3 is 0 Å². The van der Waals surface area contributed by atoms with Gasteiger partial charge in [-0.25, -0.2) is 0 Å². The summed E-state index contributed by atoms with van der Waals surface area (Å²) in [5.74, 6) is -0.111. The van der Waals surface area contributed by atoms with Crippen LogP contribution in [0.25, 0.3) is 0 Å². The van der Waals surface area contributed by atoms with Crippen molar-refractivity contribution in [2.45, 2.75) is 20.4 Å². The highest BCUT2D eigenvalue weighted by Crippen LogP contribution is 2.21. The summed E-state index contributed by atoms with van der Waals surface area (Å²) in [7, 11) is 0. The molecule has 7 heteroatoms. The van der Waals surface area contributed by atoms with E-state index >= 15 is 0 Å². The molecule has 2 heterocycles. The van der Waals surface area contributed by atoms with Gasteiger partial charge in [0.1, 0.15) is 0 Å². The second-order valence-corrected chi connectivity index (χ2v) is 6.90. The van der Waals surface area contributed by atoms with E-state index in [4.69, 9.17) is 0 Å². The Morgan fingerprint density at radius 3 is 2.86 bits per heavy atom. The van der Waals surface area contributed by atoms with Gasteiger partial charge in [-0.05, 0) is 35.1 Å². The lowest BCUT2D eigenvalue weighted by atomic mass is 10.3. The average Bonchev–Trinajstić information content (AvgIpc) is 3.09. The standard InChI is InChI=1S/C14H19BrN4OS/c1-3-18(4-2)5-6-19-9-12(8-16-19)17-14(20)11-7-13(15)21-10-11/h7-10H,3-6H2,1-2H3,(H,17,20). The smallest absolute Gasteiger partial charge is 0.256 e. The van der Waals surface area contributed by atoms with Crippen LogP contribution in [0.1, 0.15) is 24.2 Å². The maximum Gasteiger partial charge on any atom is 0.256 e. The monoisotopic (exact) mass is 370 g/mol. The molecule has 0 aliphatic rings. The minimum atomic E-state index is -0.111. The predicted octanol–water partition coefficient (Wildman–Crippen LogP) is 3.30. The second-order valence-electron chi connectivity index (χ2n) is 4.61. The maximum absolute atomic E-state index is 12.0. The highest BCUT2D eigenvalue weighted by atomic mass is 79.9. The molecule has 0 spiro atoms. The van der Waals surface area contributed by atoms with Crippen LogP contribution < -0.4 is 5.32 Å². The molecule has 0 atom stereocenters. The van der Waals surface area contributed by atoms with E-state index in [1.807, 2.05) is 22.3 Å². The number of anilines is 1. The van der Waals surface area contributed by atoms with Crippen LogP contribution in [-0.2, 0) is 6.54 Å². The Hall–Kier alpha value is -1.18. The molecule has 1 N–H and O–H groups in total. The lowest BCUT2D eigenvalue weighted by molar-refractivity contribution is 0.102. The van der Waals surface area contributed by atoms with Crippen LogP contribution >= 0.6 is 27.3 Å². The summed E-state index contributed by atoms with van der Waals surface area (Å²) >= 11 is 4.85. The number of halogens is 1. The molecular formula is C14H19BrN4OS. The van der Waals surface area contributed by atoms with Crippen LogP contribution in [-0.4, -0.2) is 40.2 Å². The summed E-state index contributed by atoms with van der Waals surface area (Å²) < 4.78 is 2.81. The first-order chi connectivity index (χ1) is 10.1. The SMILES string of the molecule is CCN(CC)CCn1cc(NC(=O)c2csc(Br)c2)cn1. The lowest BCUT2D eigenvalue weighted by Crippen LogP contribution is -2.27. The second kappa shape index (κ2) is 7.72. The van der Waals surface area contributed by atoms with Crippen molar-refractivity contribution in [3.05, 3.63) is 33.2 Å². The molecule has 0 aromatic carbocycles. The third-order valence-electron chi connectivity index (χ3n) is 3.26. The highest BCUT2D eigenvalue weighted by molar-refractivity contribution is 9.11. The van der Waals surface area contributed by atoms with Gasteiger partial charge in [0.15, 0.2) is 0 Å². The van der Waals surface area contributed by atoms with E-state index in [2.05, 4.69) is 45.1 Å². The van der Waals surface area contributed by atoms with Crippen molar-refractivity contribution in [1.82, 2.24) is 14.7 Å². The number of nitrogens with zero attached hydrogens (tertiary/aromatic N) is 3. The molecule has 0 aliphatic heterocycles. The van der Waals surface area contributed by atoms with Gasteiger partial charge in [-0.2, -0.15) is 5.10 Å². The van der Waals surface area contributed by atoms with E-state index in [9.17, 15) is 4.79 Å². The number of thiophene rings is 1. The number of nitrogens with one attached hydrogen (secondary N) is 1. The van der Waals surface area contributed by atoms with Crippen molar-refractivity contribution < 1.29 is 4.79 Å². The maximum atomic E-state index is 12.0. The molecule has 2 rings (SSSR count). The zero-order valence-corrected chi connectivity index (χ0v) is 14.6. The first kappa shape index (κ1) is 16.2. The van der Waals surface area contributed by atoms with Crippen molar-refractivity contribution in [3.63, 3.8) is 0 Å². The van der Waals surface area contributed by atoms with E-state index < -0.39 is 0 Å². The summed E-state index contributed by atoms with van der Waals surface area (Å²) in [4.78, 5) is 14.4. The summed E-state index contributed by atoms with van der Waals surface area (Å²) in [6.07, 6.45) is 3.55. The fourth-order valence-corrected chi connectivity index (χ4v) is 3.10. The van der Waals surface area contributed by atoms with Crippen LogP contribution in [0.15, 0.2) is 27.6 Å². The number of likely N-dealkylation sites (N-methyl/N-ethyl adjacent to an activating group) is 1. The Labute approximate surface area is 137 Å². The zero-order valence-electron chi connectivity index (χ0n) is 12.2. The molecule has 0 bridgehead atoms. The highest BCUT2D eigenvalue weighted by Gasteiger charge is 2.09. The molecule has 0 unspecified atom stereocenters. The largest absolute Gasteiger partial charge is 0.319 e. The van der Waals surface area contributed by atoms with Crippen molar-refractivity contribution in [3.8, 4) is 0 Å². The quantitative estimate of drug-likeness (QED) is 0.813. The number of carbonyl (C=O) groups is 1. The third-order valence-corrected chi connectivity index (χ3v) is 4.76. The molecule has 0 aliphatic carbocycles. The average molecular weight is 371 g/mol. The van der Waals surface area contributed by atoms with E-state index in [-0.39, 0.29) is 5.91 Å². The Bertz CT molecular complexity index is 591. The first-order valence-electron chi connectivity index (χ1n) is 6.92. The van der Waals surface area contributed by atoms with E-state index in [0.717, 1.165) is 35.7 Å². The van der Waals surface area contributed by atoms with Gasteiger partial charge in [-0.3, -0.25) is 9.48 Å². The number of carbonyl (C=O) groups excluding carboxylic acids is 1. The fraction of sp³-hybridized carbons (Fsp3) is 0.429. The molecule has 0 fully saturated rings. The lowest BCUT2D eigenvalue weighted by Gasteiger charge is -2.17. The van der Waals surface area contributed by atoms with E-state index in [1.165, 1.54) is 11.3 Å². The molecule has 2 aromatic heterocycles. The van der Waals surface area contributed by atoms with Gasteiger partial charge in [0.25, 0.3) is 5.91 Å². The number of hydrogen-bond acceptors (Lipinski definition) is 4. The molecule has 1 amide bonds. The Balaban J connectivity index is 1.89. The number of amides is 1. The molecule has 5 nitrogen and oxygen atoms in total. The normalized spacial score (nSPS) is 11.0. The Kier molecular flexibility index (Phi) is 5.96. The van der Waals surface area contributed by atoms with Gasteiger partial charge in [0.2, 0.25) is 0 Å². The molecule has 0 saturated carbocycles. The van der Waals surface area contributed by atoms with E-state index in [0.29, 0.717) is 5.56 Å². The first-order valence-corrected chi connectivity index (χ1v) is 8.59. The molecule has 0 radical (unpaired) electrons. The van der Waals surface area contributed by atoms with Crippen molar-refractivity contribution in [1.29, 1.82) is 0 Å². The van der Waals surface area contributed by atoms with Crippen LogP contribution in [0, 0.1) is 0 Å². The Morgan fingerprint density at radius 2 is 2.24 bits per heavy atom. The van der Waals surface area contributed by atoms with Crippen LogP contribution in [0.5, 0.6) is 0 Å². The minimum Gasteiger partial charge on any atom is -0.319 e. The summed E-state index contributed by atoms with van der Waals surface area (Å²) in [6.45, 7) is 8.15. The third kappa shape index (κ3) is 4.66. The van der Waals surface area contributed by atoms with Gasteiger partial charge in [-0.1, -0.05) is 13.8 Å². The van der Waals surface area contributed by atoms with Crippen LogP contribution in [0.4, 0.5) is 5.69 Å². The van der Waals surface area contributed by atoms with Crippen molar-refractivity contribution >= 4 is 38.9 Å². The zero-order chi connectivity index (χ0) is 15.2. The van der Waals surface area contributed by atoms with Crippen molar-refractivity contribution in [2.75, 3.05) is 25.0 Å². The minimum absolute atomic E-state index is 0.111. The van der Waals surface area contributed by atoms with Gasteiger partial charge in [-0.15, -0.1) is 11.3 Å². The van der Waals surface area contributed by atoms with Gasteiger partial charge in [0.05, 0.1) is 27.8 Å².